The standard InChI is InChI=1S/C26H26N2O6S/c1-17-8-10-21-23(14-17)34-25(16-28(21)35(30,31)20-6-4-3-5-7-20)26(29)27-18(2)19-9-11-22-24(15-19)33-13-12-32-22/h3-11,14-15,18,25H,12-13,16H2,1-2H3,(H,27,29)/t18-,25-/m1/s1. The predicted molar refractivity (Wildman–Crippen MR) is 131 cm³/mol. The molecule has 3 aromatic rings. The zero-order valence-electron chi connectivity index (χ0n) is 19.4. The number of sulfonamides is 1. The van der Waals surface area contributed by atoms with Crippen molar-refractivity contribution in [2.45, 2.75) is 30.9 Å². The monoisotopic (exact) mass is 494 g/mol. The van der Waals surface area contributed by atoms with Crippen molar-refractivity contribution in [3.63, 3.8) is 0 Å². The number of nitrogens with one attached hydrogen (secondary N) is 1. The third kappa shape index (κ3) is 4.51. The first-order chi connectivity index (χ1) is 16.8. The number of anilines is 1. The summed E-state index contributed by atoms with van der Waals surface area (Å²) in [7, 11) is -3.90. The van der Waals surface area contributed by atoms with Crippen LogP contribution in [0.15, 0.2) is 71.6 Å². The van der Waals surface area contributed by atoms with Crippen LogP contribution in [0.25, 0.3) is 0 Å². The van der Waals surface area contributed by atoms with Crippen LogP contribution in [-0.4, -0.2) is 40.2 Å². The second-order valence-corrected chi connectivity index (χ2v) is 10.4. The number of aryl methyl sites for hydroxylation is 1. The molecule has 2 atom stereocenters. The van der Waals surface area contributed by atoms with Crippen LogP contribution in [0.5, 0.6) is 17.2 Å². The average Bonchev–Trinajstić information content (AvgIpc) is 2.87. The minimum absolute atomic E-state index is 0.146. The third-order valence-electron chi connectivity index (χ3n) is 6.03. The zero-order chi connectivity index (χ0) is 24.6. The van der Waals surface area contributed by atoms with Crippen LogP contribution in [0.1, 0.15) is 24.1 Å². The molecular weight excluding hydrogens is 468 g/mol. The number of amides is 1. The highest BCUT2D eigenvalue weighted by Gasteiger charge is 2.38. The Balaban J connectivity index is 1.40. The second kappa shape index (κ2) is 9.14. The highest BCUT2D eigenvalue weighted by atomic mass is 32.2. The van der Waals surface area contributed by atoms with Crippen molar-refractivity contribution < 1.29 is 27.4 Å². The number of ether oxygens (including phenoxy) is 3. The van der Waals surface area contributed by atoms with E-state index in [0.717, 1.165) is 11.1 Å². The Morgan fingerprint density at radius 1 is 0.971 bits per heavy atom. The number of nitrogens with zero attached hydrogens (tertiary/aromatic N) is 1. The van der Waals surface area contributed by atoms with Gasteiger partial charge in [0.1, 0.15) is 19.0 Å². The summed E-state index contributed by atoms with van der Waals surface area (Å²) < 4.78 is 45.4. The molecule has 1 N–H and O–H groups in total. The van der Waals surface area contributed by atoms with E-state index in [-0.39, 0.29) is 17.5 Å². The molecule has 9 heteroatoms. The van der Waals surface area contributed by atoms with Gasteiger partial charge in [0.2, 0.25) is 0 Å². The number of fused-ring (bicyclic) bond motifs is 2. The molecule has 0 unspecified atom stereocenters. The molecule has 5 rings (SSSR count). The first kappa shape index (κ1) is 23.0. The van der Waals surface area contributed by atoms with Crippen molar-refractivity contribution >= 4 is 21.6 Å². The lowest BCUT2D eigenvalue weighted by Crippen LogP contribution is -2.51. The van der Waals surface area contributed by atoms with Crippen molar-refractivity contribution in [1.82, 2.24) is 5.32 Å². The third-order valence-corrected chi connectivity index (χ3v) is 7.83. The van der Waals surface area contributed by atoms with E-state index in [2.05, 4.69) is 5.32 Å². The Kier molecular flexibility index (Phi) is 6.02. The molecule has 0 aromatic heterocycles. The van der Waals surface area contributed by atoms with Gasteiger partial charge in [0.25, 0.3) is 15.9 Å². The Hall–Kier alpha value is -3.72. The minimum atomic E-state index is -3.90. The maximum Gasteiger partial charge on any atom is 0.264 e. The Bertz CT molecular complexity index is 1360. The van der Waals surface area contributed by atoms with E-state index >= 15 is 0 Å². The molecule has 35 heavy (non-hydrogen) atoms. The van der Waals surface area contributed by atoms with E-state index in [0.29, 0.717) is 36.1 Å². The summed E-state index contributed by atoms with van der Waals surface area (Å²) in [6, 6.07) is 18.6. The number of hydrogen-bond acceptors (Lipinski definition) is 6. The van der Waals surface area contributed by atoms with Crippen LogP contribution in [-0.2, 0) is 14.8 Å². The number of benzene rings is 3. The van der Waals surface area contributed by atoms with Crippen LogP contribution < -0.4 is 23.8 Å². The number of carbonyl (C=O) groups is 1. The first-order valence-electron chi connectivity index (χ1n) is 11.4. The minimum Gasteiger partial charge on any atom is -0.486 e. The molecule has 2 aliphatic rings. The predicted octanol–water partition coefficient (Wildman–Crippen LogP) is 3.60. The van der Waals surface area contributed by atoms with Gasteiger partial charge in [-0.2, -0.15) is 0 Å². The summed E-state index contributed by atoms with van der Waals surface area (Å²) in [4.78, 5) is 13.4. The first-order valence-corrected chi connectivity index (χ1v) is 12.8. The van der Waals surface area contributed by atoms with Crippen molar-refractivity contribution in [1.29, 1.82) is 0 Å². The summed E-state index contributed by atoms with van der Waals surface area (Å²) in [5.74, 6) is 1.24. The van der Waals surface area contributed by atoms with Gasteiger partial charge in [-0.3, -0.25) is 9.10 Å². The lowest BCUT2D eigenvalue weighted by molar-refractivity contribution is -0.128. The van der Waals surface area contributed by atoms with E-state index in [1.807, 2.05) is 38.1 Å². The van der Waals surface area contributed by atoms with Crippen molar-refractivity contribution in [3.8, 4) is 17.2 Å². The molecule has 0 saturated heterocycles. The summed E-state index contributed by atoms with van der Waals surface area (Å²) in [5, 5.41) is 2.95. The van der Waals surface area contributed by atoms with Gasteiger partial charge in [-0.25, -0.2) is 8.42 Å². The molecule has 2 heterocycles. The maximum atomic E-state index is 13.5. The Labute approximate surface area is 204 Å². The quantitative estimate of drug-likeness (QED) is 0.583. The molecular formula is C26H26N2O6S. The fraction of sp³-hybridized carbons (Fsp3) is 0.269. The van der Waals surface area contributed by atoms with Gasteiger partial charge in [-0.05, 0) is 61.4 Å². The van der Waals surface area contributed by atoms with Gasteiger partial charge < -0.3 is 19.5 Å². The molecule has 0 spiro atoms. The van der Waals surface area contributed by atoms with Gasteiger partial charge in [-0.15, -0.1) is 0 Å². The van der Waals surface area contributed by atoms with Gasteiger partial charge in [0.05, 0.1) is 23.2 Å². The molecule has 0 bridgehead atoms. The second-order valence-electron chi connectivity index (χ2n) is 8.56. The van der Waals surface area contributed by atoms with Gasteiger partial charge in [-0.1, -0.05) is 30.3 Å². The van der Waals surface area contributed by atoms with Crippen molar-refractivity contribution in [3.05, 3.63) is 77.9 Å². The summed E-state index contributed by atoms with van der Waals surface area (Å²) in [6.45, 7) is 4.56. The molecule has 182 valence electrons. The molecule has 3 aromatic carbocycles. The van der Waals surface area contributed by atoms with Crippen LogP contribution in [0.3, 0.4) is 0 Å². The summed E-state index contributed by atoms with van der Waals surface area (Å²) in [5.41, 5.74) is 2.14. The highest BCUT2D eigenvalue weighted by Crippen LogP contribution is 2.38. The summed E-state index contributed by atoms with van der Waals surface area (Å²) >= 11 is 0. The molecule has 0 saturated carbocycles. The largest absolute Gasteiger partial charge is 0.486 e. The number of rotatable bonds is 5. The average molecular weight is 495 g/mol. The molecule has 1 amide bonds. The number of hydrogen-bond donors (Lipinski definition) is 1. The van der Waals surface area contributed by atoms with Crippen LogP contribution in [0, 0.1) is 6.92 Å². The smallest absolute Gasteiger partial charge is 0.264 e. The molecule has 0 fully saturated rings. The van der Waals surface area contributed by atoms with Crippen LogP contribution in [0.4, 0.5) is 5.69 Å². The topological polar surface area (TPSA) is 94.2 Å². The Morgan fingerprint density at radius 3 is 2.49 bits per heavy atom. The van der Waals surface area contributed by atoms with Gasteiger partial charge in [0.15, 0.2) is 17.6 Å². The maximum absolute atomic E-state index is 13.5. The Morgan fingerprint density at radius 2 is 1.71 bits per heavy atom. The molecule has 0 radical (unpaired) electrons. The molecule has 2 aliphatic heterocycles. The SMILES string of the molecule is Cc1ccc2c(c1)O[C@@H](C(=O)N[C@H](C)c1ccc3c(c1)OCCO3)CN2S(=O)(=O)c1ccccc1. The fourth-order valence-corrected chi connectivity index (χ4v) is 5.66. The lowest BCUT2D eigenvalue weighted by atomic mass is 10.1. The van der Waals surface area contributed by atoms with E-state index in [1.54, 1.807) is 30.3 Å². The number of carbonyl (C=O) groups excluding carboxylic acids is 1. The molecule has 0 aliphatic carbocycles. The fourth-order valence-electron chi connectivity index (χ4n) is 4.16. The van der Waals surface area contributed by atoms with E-state index in [9.17, 15) is 13.2 Å². The van der Waals surface area contributed by atoms with Crippen molar-refractivity contribution in [2.24, 2.45) is 0 Å². The van der Waals surface area contributed by atoms with Gasteiger partial charge in [0, 0.05) is 0 Å². The van der Waals surface area contributed by atoms with E-state index in [1.165, 1.54) is 16.4 Å². The van der Waals surface area contributed by atoms with E-state index in [4.69, 9.17) is 14.2 Å². The van der Waals surface area contributed by atoms with Crippen LogP contribution >= 0.6 is 0 Å². The summed E-state index contributed by atoms with van der Waals surface area (Å²) in [6.07, 6.45) is -1.03. The zero-order valence-corrected chi connectivity index (χ0v) is 20.2. The van der Waals surface area contributed by atoms with E-state index < -0.39 is 22.0 Å². The normalized spacial score (nSPS) is 17.7. The lowest BCUT2D eigenvalue weighted by Gasteiger charge is -2.35. The van der Waals surface area contributed by atoms with Crippen LogP contribution in [0.2, 0.25) is 0 Å². The molecule has 8 nitrogen and oxygen atoms in total. The highest BCUT2D eigenvalue weighted by molar-refractivity contribution is 7.92. The van der Waals surface area contributed by atoms with Crippen molar-refractivity contribution in [2.75, 3.05) is 24.1 Å². The van der Waals surface area contributed by atoms with Gasteiger partial charge >= 0.3 is 0 Å².